The third-order valence-electron chi connectivity index (χ3n) is 2.47. The lowest BCUT2D eigenvalue weighted by Gasteiger charge is -2.07. The highest BCUT2D eigenvalue weighted by Crippen LogP contribution is 2.23. The topological polar surface area (TPSA) is 72.2 Å². The highest BCUT2D eigenvalue weighted by Gasteiger charge is 2.07. The van der Waals surface area contributed by atoms with Crippen molar-refractivity contribution in [1.82, 2.24) is 15.5 Å². The van der Waals surface area contributed by atoms with E-state index in [-0.39, 0.29) is 0 Å². The van der Waals surface area contributed by atoms with Crippen molar-refractivity contribution >= 4 is 11.7 Å². The second-order valence-electron chi connectivity index (χ2n) is 3.84. The fourth-order valence-corrected chi connectivity index (χ4v) is 1.55. The Morgan fingerprint density at radius 3 is 2.83 bits per heavy atom. The van der Waals surface area contributed by atoms with Crippen LogP contribution in [0.25, 0.3) is 0 Å². The van der Waals surface area contributed by atoms with Crippen LogP contribution in [0.3, 0.4) is 0 Å². The van der Waals surface area contributed by atoms with Crippen LogP contribution in [-0.2, 0) is 6.54 Å². The zero-order chi connectivity index (χ0) is 13.0. The van der Waals surface area contributed by atoms with Crippen LogP contribution < -0.4 is 15.4 Å². The monoisotopic (exact) mass is 248 g/mol. The number of benzene rings is 1. The molecule has 2 aromatic rings. The number of nitrogens with one attached hydrogen (secondary N) is 2. The number of aryl methyl sites for hydroxylation is 1. The third-order valence-corrected chi connectivity index (χ3v) is 2.47. The molecular formula is C12H16N4O2. The van der Waals surface area contributed by atoms with E-state index in [0.29, 0.717) is 18.5 Å². The van der Waals surface area contributed by atoms with Gasteiger partial charge in [-0.05, 0) is 37.7 Å². The molecule has 0 bridgehead atoms. The molecule has 0 aliphatic heterocycles. The molecule has 1 aromatic carbocycles. The lowest BCUT2D eigenvalue weighted by molar-refractivity contribution is 0.414. The number of rotatable bonds is 5. The van der Waals surface area contributed by atoms with Gasteiger partial charge in [0.25, 0.3) is 0 Å². The van der Waals surface area contributed by atoms with Gasteiger partial charge in [0.15, 0.2) is 0 Å². The van der Waals surface area contributed by atoms with Gasteiger partial charge >= 0.3 is 6.01 Å². The fraction of sp³-hybridized carbons (Fsp3) is 0.333. The van der Waals surface area contributed by atoms with E-state index < -0.39 is 0 Å². The maximum absolute atomic E-state index is 5.41. The zero-order valence-corrected chi connectivity index (χ0v) is 10.7. The quantitative estimate of drug-likeness (QED) is 0.841. The van der Waals surface area contributed by atoms with Gasteiger partial charge in [-0.3, -0.25) is 0 Å². The SMILES string of the molecule is CNCc1nnc(Nc2ccc(OC)cc2C)o1. The van der Waals surface area contributed by atoms with Crippen LogP contribution >= 0.6 is 0 Å². The fourth-order valence-electron chi connectivity index (χ4n) is 1.55. The third kappa shape index (κ3) is 2.78. The lowest BCUT2D eigenvalue weighted by atomic mass is 10.2. The average molecular weight is 248 g/mol. The second-order valence-corrected chi connectivity index (χ2v) is 3.84. The summed E-state index contributed by atoms with van der Waals surface area (Å²) in [5.74, 6) is 1.37. The molecule has 6 heteroatoms. The molecule has 0 aliphatic rings. The van der Waals surface area contributed by atoms with Crippen LogP contribution in [0.5, 0.6) is 5.75 Å². The van der Waals surface area contributed by atoms with Crippen LogP contribution in [0.4, 0.5) is 11.7 Å². The molecular weight excluding hydrogens is 232 g/mol. The maximum atomic E-state index is 5.41. The molecule has 18 heavy (non-hydrogen) atoms. The molecule has 0 amide bonds. The number of ether oxygens (including phenoxy) is 1. The minimum Gasteiger partial charge on any atom is -0.497 e. The van der Waals surface area contributed by atoms with Gasteiger partial charge in [-0.15, -0.1) is 5.10 Å². The van der Waals surface area contributed by atoms with E-state index in [9.17, 15) is 0 Å². The molecule has 0 saturated carbocycles. The van der Waals surface area contributed by atoms with E-state index >= 15 is 0 Å². The standard InChI is InChI=1S/C12H16N4O2/c1-8-6-9(17-3)4-5-10(8)14-12-16-15-11(18-12)7-13-2/h4-6,13H,7H2,1-3H3,(H,14,16). The summed E-state index contributed by atoms with van der Waals surface area (Å²) in [6.45, 7) is 2.53. The summed E-state index contributed by atoms with van der Waals surface area (Å²) < 4.78 is 10.6. The molecule has 2 N–H and O–H groups in total. The summed E-state index contributed by atoms with van der Waals surface area (Å²) in [5, 5.41) is 13.8. The van der Waals surface area contributed by atoms with E-state index in [2.05, 4.69) is 20.8 Å². The molecule has 0 radical (unpaired) electrons. The van der Waals surface area contributed by atoms with Crippen molar-refractivity contribution in [1.29, 1.82) is 0 Å². The summed E-state index contributed by atoms with van der Waals surface area (Å²) in [7, 11) is 3.47. The van der Waals surface area contributed by atoms with E-state index in [1.807, 2.05) is 32.2 Å². The first-order chi connectivity index (χ1) is 8.72. The van der Waals surface area contributed by atoms with Gasteiger partial charge in [0, 0.05) is 5.69 Å². The van der Waals surface area contributed by atoms with Gasteiger partial charge in [0.05, 0.1) is 13.7 Å². The Hall–Kier alpha value is -2.08. The Balaban J connectivity index is 2.12. The summed E-state index contributed by atoms with van der Waals surface area (Å²) in [5.41, 5.74) is 1.96. The van der Waals surface area contributed by atoms with E-state index in [4.69, 9.17) is 9.15 Å². The van der Waals surface area contributed by atoms with Gasteiger partial charge in [0.2, 0.25) is 5.89 Å². The molecule has 2 rings (SSSR count). The molecule has 0 fully saturated rings. The van der Waals surface area contributed by atoms with Crippen molar-refractivity contribution in [3.8, 4) is 5.75 Å². The molecule has 6 nitrogen and oxygen atoms in total. The van der Waals surface area contributed by atoms with Gasteiger partial charge in [-0.25, -0.2) is 0 Å². The maximum Gasteiger partial charge on any atom is 0.320 e. The normalized spacial score (nSPS) is 10.4. The van der Waals surface area contributed by atoms with E-state index in [1.54, 1.807) is 7.11 Å². The number of hydrogen-bond donors (Lipinski definition) is 2. The Morgan fingerprint density at radius 1 is 1.33 bits per heavy atom. The van der Waals surface area contributed by atoms with Crippen molar-refractivity contribution in [2.24, 2.45) is 0 Å². The van der Waals surface area contributed by atoms with E-state index in [1.165, 1.54) is 0 Å². The summed E-state index contributed by atoms with van der Waals surface area (Å²) in [4.78, 5) is 0. The van der Waals surface area contributed by atoms with Crippen molar-refractivity contribution < 1.29 is 9.15 Å². The smallest absolute Gasteiger partial charge is 0.320 e. The molecule has 0 atom stereocenters. The number of aromatic nitrogens is 2. The highest BCUT2D eigenvalue weighted by atomic mass is 16.5. The Labute approximate surface area is 105 Å². The van der Waals surface area contributed by atoms with Crippen LogP contribution in [-0.4, -0.2) is 24.4 Å². The van der Waals surface area contributed by atoms with Gasteiger partial charge in [-0.1, -0.05) is 5.10 Å². The molecule has 0 saturated heterocycles. The Morgan fingerprint density at radius 2 is 2.17 bits per heavy atom. The predicted molar refractivity (Wildman–Crippen MR) is 68.1 cm³/mol. The Bertz CT molecular complexity index is 525. The van der Waals surface area contributed by atoms with Gasteiger partial charge in [-0.2, -0.15) is 0 Å². The van der Waals surface area contributed by atoms with Crippen LogP contribution in [0.15, 0.2) is 22.6 Å². The molecule has 96 valence electrons. The van der Waals surface area contributed by atoms with Crippen LogP contribution in [0.1, 0.15) is 11.5 Å². The first kappa shape index (κ1) is 12.4. The number of methoxy groups -OCH3 is 1. The molecule has 0 spiro atoms. The lowest BCUT2D eigenvalue weighted by Crippen LogP contribution is -2.04. The molecule has 1 heterocycles. The van der Waals surface area contributed by atoms with Crippen molar-refractivity contribution in [3.63, 3.8) is 0 Å². The molecule has 0 unspecified atom stereocenters. The van der Waals surface area contributed by atoms with Gasteiger partial charge < -0.3 is 19.8 Å². The first-order valence-electron chi connectivity index (χ1n) is 5.61. The molecule has 0 aliphatic carbocycles. The minimum absolute atomic E-state index is 0.383. The second kappa shape index (κ2) is 5.50. The van der Waals surface area contributed by atoms with Crippen molar-refractivity contribution in [2.75, 3.05) is 19.5 Å². The van der Waals surface area contributed by atoms with Gasteiger partial charge in [0.1, 0.15) is 5.75 Å². The number of anilines is 2. The van der Waals surface area contributed by atoms with Crippen LogP contribution in [0.2, 0.25) is 0 Å². The zero-order valence-electron chi connectivity index (χ0n) is 10.7. The number of hydrogen-bond acceptors (Lipinski definition) is 6. The summed E-state index contributed by atoms with van der Waals surface area (Å²) in [6, 6.07) is 6.11. The van der Waals surface area contributed by atoms with Crippen LogP contribution in [0, 0.1) is 6.92 Å². The van der Waals surface area contributed by atoms with Crippen molar-refractivity contribution in [3.05, 3.63) is 29.7 Å². The predicted octanol–water partition coefficient (Wildman–Crippen LogP) is 1.85. The summed E-state index contributed by atoms with van der Waals surface area (Å²) >= 11 is 0. The largest absolute Gasteiger partial charge is 0.497 e. The van der Waals surface area contributed by atoms with Crippen molar-refractivity contribution in [2.45, 2.75) is 13.5 Å². The molecule has 1 aromatic heterocycles. The number of nitrogens with zero attached hydrogens (tertiary/aromatic N) is 2. The highest BCUT2D eigenvalue weighted by molar-refractivity contribution is 5.58. The van der Waals surface area contributed by atoms with E-state index in [0.717, 1.165) is 17.0 Å². The minimum atomic E-state index is 0.383. The average Bonchev–Trinajstić information content (AvgIpc) is 2.80. The Kier molecular flexibility index (Phi) is 3.78. The summed E-state index contributed by atoms with van der Waals surface area (Å²) in [6.07, 6.45) is 0. The first-order valence-corrected chi connectivity index (χ1v) is 5.61.